The van der Waals surface area contributed by atoms with Crippen molar-refractivity contribution in [1.82, 2.24) is 5.32 Å². The second-order valence-corrected chi connectivity index (χ2v) is 7.86. The maximum absolute atomic E-state index is 12.2. The summed E-state index contributed by atoms with van der Waals surface area (Å²) in [6.45, 7) is 2.47. The molecule has 1 heterocycles. The van der Waals surface area contributed by atoms with Gasteiger partial charge in [0.15, 0.2) is 0 Å². The van der Waals surface area contributed by atoms with Crippen molar-refractivity contribution in [2.75, 3.05) is 19.4 Å². The van der Waals surface area contributed by atoms with Crippen LogP contribution in [0, 0.1) is 11.8 Å². The summed E-state index contributed by atoms with van der Waals surface area (Å²) in [4.78, 5) is 24.1. The zero-order valence-corrected chi connectivity index (χ0v) is 16.9. The predicted molar refractivity (Wildman–Crippen MR) is 107 cm³/mol. The minimum Gasteiger partial charge on any atom is -0.466 e. The van der Waals surface area contributed by atoms with Crippen LogP contribution in [-0.2, 0) is 24.8 Å². The molecule has 2 aliphatic rings. The van der Waals surface area contributed by atoms with Crippen molar-refractivity contribution in [3.63, 3.8) is 0 Å². The Morgan fingerprint density at radius 2 is 2.07 bits per heavy atom. The number of allylic oxidation sites excluding steroid dienone is 1. The lowest BCUT2D eigenvalue weighted by atomic mass is 9.84. The Morgan fingerprint density at radius 3 is 2.82 bits per heavy atom. The normalized spacial score (nSPS) is 23.0. The second-order valence-electron chi connectivity index (χ2n) is 6.76. The SMILES string of the molecule is COC(=O)C1=COC(OC(=O)NCCSCc2ccccc2)C2C(C)=CCC12. The molecule has 0 radical (unpaired) electrons. The molecule has 28 heavy (non-hydrogen) atoms. The number of hydrogen-bond donors (Lipinski definition) is 1. The van der Waals surface area contributed by atoms with E-state index in [9.17, 15) is 9.59 Å². The number of benzene rings is 1. The molecule has 0 saturated carbocycles. The van der Waals surface area contributed by atoms with Crippen molar-refractivity contribution in [2.45, 2.75) is 25.4 Å². The number of carbonyl (C=O) groups is 2. The Balaban J connectivity index is 1.45. The van der Waals surface area contributed by atoms with Crippen molar-refractivity contribution in [3.8, 4) is 0 Å². The fourth-order valence-corrected chi connectivity index (χ4v) is 4.32. The summed E-state index contributed by atoms with van der Waals surface area (Å²) >= 11 is 1.74. The summed E-state index contributed by atoms with van der Waals surface area (Å²) in [6, 6.07) is 10.2. The van der Waals surface area contributed by atoms with E-state index in [1.807, 2.05) is 25.1 Å². The average molecular weight is 404 g/mol. The molecule has 1 amide bonds. The molecule has 0 bridgehead atoms. The van der Waals surface area contributed by atoms with Crippen LogP contribution in [0.5, 0.6) is 0 Å². The molecule has 0 saturated heterocycles. The van der Waals surface area contributed by atoms with E-state index < -0.39 is 18.4 Å². The lowest BCUT2D eigenvalue weighted by Gasteiger charge is -2.33. The molecule has 3 rings (SSSR count). The molecule has 0 aromatic heterocycles. The molecule has 3 atom stereocenters. The first-order chi connectivity index (χ1) is 13.6. The van der Waals surface area contributed by atoms with Crippen molar-refractivity contribution < 1.29 is 23.8 Å². The van der Waals surface area contributed by atoms with Gasteiger partial charge in [0.25, 0.3) is 6.29 Å². The Morgan fingerprint density at radius 1 is 1.29 bits per heavy atom. The highest BCUT2D eigenvalue weighted by atomic mass is 32.2. The first-order valence-corrected chi connectivity index (χ1v) is 10.4. The summed E-state index contributed by atoms with van der Waals surface area (Å²) in [5, 5.41) is 2.76. The summed E-state index contributed by atoms with van der Waals surface area (Å²) < 4.78 is 15.9. The van der Waals surface area contributed by atoms with Gasteiger partial charge >= 0.3 is 12.1 Å². The van der Waals surface area contributed by atoms with Gasteiger partial charge in [-0.05, 0) is 18.9 Å². The van der Waals surface area contributed by atoms with Gasteiger partial charge in [-0.3, -0.25) is 0 Å². The highest BCUT2D eigenvalue weighted by Gasteiger charge is 2.44. The van der Waals surface area contributed by atoms with Crippen LogP contribution in [0.1, 0.15) is 18.9 Å². The number of rotatable bonds is 7. The molecule has 150 valence electrons. The minimum atomic E-state index is -0.742. The van der Waals surface area contributed by atoms with E-state index in [1.165, 1.54) is 18.9 Å². The van der Waals surface area contributed by atoms with E-state index >= 15 is 0 Å². The predicted octanol–water partition coefficient (Wildman–Crippen LogP) is 3.64. The summed E-state index contributed by atoms with van der Waals surface area (Å²) in [7, 11) is 1.35. The van der Waals surface area contributed by atoms with Crippen molar-refractivity contribution in [2.24, 2.45) is 11.8 Å². The molecule has 7 heteroatoms. The zero-order valence-electron chi connectivity index (χ0n) is 16.1. The van der Waals surface area contributed by atoms with Gasteiger partial charge in [0.2, 0.25) is 0 Å². The maximum Gasteiger partial charge on any atom is 0.410 e. The number of methoxy groups -OCH3 is 1. The van der Waals surface area contributed by atoms with E-state index in [0.717, 1.165) is 17.1 Å². The van der Waals surface area contributed by atoms with Crippen LogP contribution in [0.4, 0.5) is 4.79 Å². The molecule has 0 fully saturated rings. The van der Waals surface area contributed by atoms with Gasteiger partial charge in [-0.15, -0.1) is 0 Å². The van der Waals surface area contributed by atoms with E-state index in [-0.39, 0.29) is 11.8 Å². The largest absolute Gasteiger partial charge is 0.466 e. The van der Waals surface area contributed by atoms with Crippen LogP contribution < -0.4 is 5.32 Å². The van der Waals surface area contributed by atoms with E-state index in [0.29, 0.717) is 18.5 Å². The van der Waals surface area contributed by atoms with Gasteiger partial charge in [-0.1, -0.05) is 42.0 Å². The lowest BCUT2D eigenvalue weighted by Crippen LogP contribution is -2.40. The second kappa shape index (κ2) is 9.68. The van der Waals surface area contributed by atoms with E-state index in [1.54, 1.807) is 11.8 Å². The molecule has 1 aliphatic carbocycles. The number of amides is 1. The van der Waals surface area contributed by atoms with Gasteiger partial charge in [0, 0.05) is 24.0 Å². The number of fused-ring (bicyclic) bond motifs is 1. The Labute approximate surface area is 169 Å². The number of esters is 1. The summed E-state index contributed by atoms with van der Waals surface area (Å²) in [6.07, 6.45) is 2.87. The number of thioether (sulfide) groups is 1. The van der Waals surface area contributed by atoms with Crippen molar-refractivity contribution in [3.05, 3.63) is 59.4 Å². The van der Waals surface area contributed by atoms with Gasteiger partial charge in [-0.25, -0.2) is 9.59 Å². The molecular formula is C21H25NO5S. The number of carbonyl (C=O) groups excluding carboxylic acids is 2. The van der Waals surface area contributed by atoms with Gasteiger partial charge in [0.05, 0.1) is 24.9 Å². The highest BCUT2D eigenvalue weighted by molar-refractivity contribution is 7.98. The molecule has 1 aromatic carbocycles. The van der Waals surface area contributed by atoms with E-state index in [2.05, 4.69) is 23.5 Å². The zero-order chi connectivity index (χ0) is 19.9. The molecule has 1 N–H and O–H groups in total. The van der Waals surface area contributed by atoms with Gasteiger partial charge < -0.3 is 19.5 Å². The Hall–Kier alpha value is -2.41. The molecule has 1 aliphatic heterocycles. The maximum atomic E-state index is 12.2. The Kier molecular flexibility index (Phi) is 7.03. The summed E-state index contributed by atoms with van der Waals surface area (Å²) in [5.74, 6) is 1.03. The number of ether oxygens (including phenoxy) is 3. The van der Waals surface area contributed by atoms with Crippen LogP contribution in [0.3, 0.4) is 0 Å². The molecule has 1 aromatic rings. The third-order valence-corrected chi connectivity index (χ3v) is 5.98. The fraction of sp³-hybridized carbons (Fsp3) is 0.429. The quantitative estimate of drug-likeness (QED) is 0.426. The van der Waals surface area contributed by atoms with Crippen LogP contribution in [0.15, 0.2) is 53.8 Å². The molecule has 3 unspecified atom stereocenters. The topological polar surface area (TPSA) is 73.9 Å². The third-order valence-electron chi connectivity index (χ3n) is 4.95. The van der Waals surface area contributed by atoms with Crippen LogP contribution >= 0.6 is 11.8 Å². The van der Waals surface area contributed by atoms with Crippen LogP contribution in [0.2, 0.25) is 0 Å². The number of nitrogens with one attached hydrogen (secondary N) is 1. The highest BCUT2D eigenvalue weighted by Crippen LogP contribution is 2.43. The minimum absolute atomic E-state index is 0.0829. The third kappa shape index (κ3) is 4.90. The van der Waals surface area contributed by atoms with Crippen LogP contribution in [-0.4, -0.2) is 37.8 Å². The average Bonchev–Trinajstić information content (AvgIpc) is 3.10. The smallest absolute Gasteiger partial charge is 0.410 e. The molecule has 0 spiro atoms. The Bertz CT molecular complexity index is 761. The molecular weight excluding hydrogens is 378 g/mol. The van der Waals surface area contributed by atoms with Gasteiger partial charge in [-0.2, -0.15) is 11.8 Å². The lowest BCUT2D eigenvalue weighted by molar-refractivity contribution is -0.141. The van der Waals surface area contributed by atoms with Crippen LogP contribution in [0.25, 0.3) is 0 Å². The molecule has 6 nitrogen and oxygen atoms in total. The standard InChI is InChI=1S/C21H25NO5S/c1-14-8-9-16-17(19(23)25-2)12-26-20(18(14)16)27-21(24)22-10-11-28-13-15-6-4-3-5-7-15/h3-8,12,16,18,20H,9-11,13H2,1-2H3,(H,22,24). The van der Waals surface area contributed by atoms with Crippen molar-refractivity contribution in [1.29, 1.82) is 0 Å². The van der Waals surface area contributed by atoms with E-state index in [4.69, 9.17) is 14.2 Å². The first-order valence-electron chi connectivity index (χ1n) is 9.26. The monoisotopic (exact) mass is 403 g/mol. The summed E-state index contributed by atoms with van der Waals surface area (Å²) in [5.41, 5.74) is 2.79. The number of hydrogen-bond acceptors (Lipinski definition) is 6. The first kappa shape index (κ1) is 20.3. The number of alkyl carbamates (subject to hydrolysis) is 1. The van der Waals surface area contributed by atoms with Crippen molar-refractivity contribution >= 4 is 23.8 Å². The van der Waals surface area contributed by atoms with Gasteiger partial charge in [0.1, 0.15) is 0 Å². The fourth-order valence-electron chi connectivity index (χ4n) is 3.51.